The number of pyridine rings is 1. The number of hydrogen-bond acceptors (Lipinski definition) is 4. The number of aromatic nitrogens is 1. The second-order valence-corrected chi connectivity index (χ2v) is 7.24. The van der Waals surface area contributed by atoms with Gasteiger partial charge in [0.1, 0.15) is 5.15 Å². The molecule has 9 heteroatoms. The topological polar surface area (TPSA) is 31.4 Å². The molecule has 132 valence electrons. The first-order valence-corrected chi connectivity index (χ1v) is 8.28. The molecule has 0 bridgehead atoms. The van der Waals surface area contributed by atoms with Crippen molar-refractivity contribution < 1.29 is 22.5 Å². The zero-order chi connectivity index (χ0) is 18.3. The van der Waals surface area contributed by atoms with Gasteiger partial charge < -0.3 is 9.31 Å². The third-order valence-corrected chi connectivity index (χ3v) is 4.95. The van der Waals surface area contributed by atoms with E-state index in [9.17, 15) is 13.2 Å². The van der Waals surface area contributed by atoms with Gasteiger partial charge in [0.15, 0.2) is 0 Å². The predicted octanol–water partition coefficient (Wildman–Crippen LogP) is 4.70. The molecule has 0 amide bonds. The van der Waals surface area contributed by atoms with Crippen LogP contribution in [0.2, 0.25) is 5.15 Å². The van der Waals surface area contributed by atoms with Gasteiger partial charge in [-0.15, -0.1) is 0 Å². The van der Waals surface area contributed by atoms with Gasteiger partial charge in [-0.2, -0.15) is 25.8 Å². The quantitative estimate of drug-likeness (QED) is 0.469. The molecule has 1 aromatic heterocycles. The van der Waals surface area contributed by atoms with E-state index in [4.69, 9.17) is 20.9 Å². The first kappa shape index (κ1) is 19.6. The minimum absolute atomic E-state index is 0.0289. The fourth-order valence-corrected chi connectivity index (χ4v) is 2.50. The van der Waals surface area contributed by atoms with Gasteiger partial charge in [0.25, 0.3) is 0 Å². The van der Waals surface area contributed by atoms with Crippen LogP contribution in [-0.2, 0) is 15.5 Å². The number of halogens is 4. The fraction of sp³-hybridized carbons (Fsp3) is 0.533. The van der Waals surface area contributed by atoms with Crippen LogP contribution in [-0.4, -0.2) is 29.1 Å². The number of rotatable bonds is 3. The maximum atomic E-state index is 12.9. The molecule has 2 rings (SSSR count). The summed E-state index contributed by atoms with van der Waals surface area (Å²) in [4.78, 5) is 3.61. The number of thiol groups is 1. The van der Waals surface area contributed by atoms with Crippen molar-refractivity contribution in [3.05, 3.63) is 34.0 Å². The molecular formula is C15H18BClF3NO2S. The molecule has 1 fully saturated rings. The Morgan fingerprint density at radius 1 is 1.29 bits per heavy atom. The highest BCUT2D eigenvalue weighted by Crippen LogP contribution is 2.39. The standard InChI is InChI=1S/C15H18BClF3NO2S/c1-13(2)14(3,4)23-16(22-13)11(8-24)6-9-5-10(15(18,19)20)7-21-12(9)17/h5-7,24H,8H2,1-4H3. The molecular weight excluding hydrogens is 361 g/mol. The Balaban J connectivity index is 2.39. The minimum Gasteiger partial charge on any atom is -0.400 e. The lowest BCUT2D eigenvalue weighted by Gasteiger charge is -2.32. The summed E-state index contributed by atoms with van der Waals surface area (Å²) in [5, 5.41) is -0.0289. The first-order chi connectivity index (χ1) is 10.9. The molecule has 3 nitrogen and oxygen atoms in total. The van der Waals surface area contributed by atoms with Crippen molar-refractivity contribution in [2.24, 2.45) is 0 Å². The summed E-state index contributed by atoms with van der Waals surface area (Å²) in [7, 11) is -0.710. The fourth-order valence-electron chi connectivity index (χ4n) is 2.10. The van der Waals surface area contributed by atoms with E-state index < -0.39 is 30.1 Å². The van der Waals surface area contributed by atoms with Crippen molar-refractivity contribution >= 4 is 37.4 Å². The SMILES string of the molecule is CC1(C)OB(C(=Cc2cc(C(F)(F)F)cnc2Cl)CS)OC1(C)C. The van der Waals surface area contributed by atoms with Crippen LogP contribution in [0.25, 0.3) is 6.08 Å². The van der Waals surface area contributed by atoms with Gasteiger partial charge in [0, 0.05) is 17.5 Å². The van der Waals surface area contributed by atoms with E-state index in [-0.39, 0.29) is 16.5 Å². The molecule has 0 unspecified atom stereocenters. The van der Waals surface area contributed by atoms with Gasteiger partial charge in [0.2, 0.25) is 0 Å². The number of nitrogens with zero attached hydrogens (tertiary/aromatic N) is 1. The average Bonchev–Trinajstić information content (AvgIpc) is 2.65. The molecule has 1 saturated heterocycles. The summed E-state index contributed by atoms with van der Waals surface area (Å²) >= 11 is 10.2. The van der Waals surface area contributed by atoms with E-state index in [2.05, 4.69) is 17.6 Å². The molecule has 24 heavy (non-hydrogen) atoms. The Morgan fingerprint density at radius 3 is 2.29 bits per heavy atom. The van der Waals surface area contributed by atoms with E-state index in [0.717, 1.165) is 6.07 Å². The van der Waals surface area contributed by atoms with E-state index >= 15 is 0 Å². The van der Waals surface area contributed by atoms with E-state index in [1.807, 2.05) is 27.7 Å². The predicted molar refractivity (Wildman–Crippen MR) is 92.2 cm³/mol. The summed E-state index contributed by atoms with van der Waals surface area (Å²) in [6.07, 6.45) is -2.31. The largest absolute Gasteiger partial charge is 0.491 e. The Labute approximate surface area is 150 Å². The molecule has 0 spiro atoms. The summed E-state index contributed by atoms with van der Waals surface area (Å²) < 4.78 is 50.4. The molecule has 0 N–H and O–H groups in total. The Hall–Kier alpha value is -0.695. The number of alkyl halides is 3. The van der Waals surface area contributed by atoms with Crippen LogP contribution in [0.5, 0.6) is 0 Å². The normalized spacial score (nSPS) is 20.5. The Morgan fingerprint density at radius 2 is 1.83 bits per heavy atom. The summed E-state index contributed by atoms with van der Waals surface area (Å²) in [6, 6.07) is 0.948. The highest BCUT2D eigenvalue weighted by Gasteiger charge is 2.52. The Bertz CT molecular complexity index is 649. The van der Waals surface area contributed by atoms with Crippen molar-refractivity contribution in [1.29, 1.82) is 0 Å². The molecule has 0 aromatic carbocycles. The van der Waals surface area contributed by atoms with Crippen molar-refractivity contribution in [2.75, 3.05) is 5.75 Å². The van der Waals surface area contributed by atoms with Crippen molar-refractivity contribution in [3.63, 3.8) is 0 Å². The highest BCUT2D eigenvalue weighted by atomic mass is 35.5. The first-order valence-electron chi connectivity index (χ1n) is 7.27. The molecule has 1 aliphatic heterocycles. The molecule has 0 aliphatic carbocycles. The molecule has 1 aromatic rings. The lowest BCUT2D eigenvalue weighted by molar-refractivity contribution is -0.137. The van der Waals surface area contributed by atoms with Gasteiger partial charge in [0.05, 0.1) is 16.8 Å². The lowest BCUT2D eigenvalue weighted by atomic mass is 9.78. The average molecular weight is 380 g/mol. The summed E-state index contributed by atoms with van der Waals surface area (Å²) in [5.41, 5.74) is -1.28. The maximum absolute atomic E-state index is 12.9. The third kappa shape index (κ3) is 3.93. The summed E-state index contributed by atoms with van der Waals surface area (Å²) in [5.74, 6) is 0.239. The van der Waals surface area contributed by atoms with Crippen molar-refractivity contribution in [2.45, 2.75) is 45.1 Å². The zero-order valence-corrected chi connectivity index (χ0v) is 15.4. The van der Waals surface area contributed by atoms with Gasteiger partial charge in [-0.05, 0) is 39.2 Å². The maximum Gasteiger partial charge on any atom is 0.491 e. The second kappa shape index (κ2) is 6.55. The highest BCUT2D eigenvalue weighted by molar-refractivity contribution is 7.80. The minimum atomic E-state index is -4.49. The van der Waals surface area contributed by atoms with Gasteiger partial charge in [-0.25, -0.2) is 4.98 Å². The van der Waals surface area contributed by atoms with Crippen LogP contribution < -0.4 is 0 Å². The number of hydrogen-bond donors (Lipinski definition) is 1. The van der Waals surface area contributed by atoms with Crippen LogP contribution >= 0.6 is 24.2 Å². The molecule has 0 radical (unpaired) electrons. The van der Waals surface area contributed by atoms with E-state index in [1.165, 1.54) is 6.08 Å². The monoisotopic (exact) mass is 379 g/mol. The van der Waals surface area contributed by atoms with Crippen LogP contribution in [0.3, 0.4) is 0 Å². The van der Waals surface area contributed by atoms with Crippen LogP contribution in [0.4, 0.5) is 13.2 Å². The summed E-state index contributed by atoms with van der Waals surface area (Å²) in [6.45, 7) is 7.56. The van der Waals surface area contributed by atoms with Crippen LogP contribution in [0, 0.1) is 0 Å². The van der Waals surface area contributed by atoms with Crippen LogP contribution in [0.15, 0.2) is 17.7 Å². The van der Waals surface area contributed by atoms with Crippen LogP contribution in [0.1, 0.15) is 38.8 Å². The molecule has 0 saturated carbocycles. The third-order valence-electron chi connectivity index (χ3n) is 4.27. The van der Waals surface area contributed by atoms with E-state index in [0.29, 0.717) is 11.7 Å². The smallest absolute Gasteiger partial charge is 0.400 e. The van der Waals surface area contributed by atoms with Crippen molar-refractivity contribution in [1.82, 2.24) is 4.98 Å². The zero-order valence-electron chi connectivity index (χ0n) is 13.7. The molecule has 2 heterocycles. The molecule has 0 atom stereocenters. The lowest BCUT2D eigenvalue weighted by Crippen LogP contribution is -2.41. The van der Waals surface area contributed by atoms with Gasteiger partial charge in [-0.1, -0.05) is 17.7 Å². The van der Waals surface area contributed by atoms with Gasteiger partial charge in [-0.3, -0.25) is 0 Å². The van der Waals surface area contributed by atoms with Gasteiger partial charge >= 0.3 is 13.3 Å². The molecule has 1 aliphatic rings. The Kier molecular flexibility index (Phi) is 5.36. The van der Waals surface area contributed by atoms with E-state index in [1.54, 1.807) is 0 Å². The second-order valence-electron chi connectivity index (χ2n) is 6.57. The van der Waals surface area contributed by atoms with Crippen molar-refractivity contribution in [3.8, 4) is 0 Å².